The van der Waals surface area contributed by atoms with Gasteiger partial charge in [-0.25, -0.2) is 0 Å². The van der Waals surface area contributed by atoms with Crippen molar-refractivity contribution in [3.63, 3.8) is 0 Å². The second-order valence-electron chi connectivity index (χ2n) is 5.49. The van der Waals surface area contributed by atoms with E-state index in [0.717, 1.165) is 31.6 Å². The van der Waals surface area contributed by atoms with E-state index in [2.05, 4.69) is 15.6 Å². The number of halogens is 1. The van der Waals surface area contributed by atoms with Gasteiger partial charge in [0.2, 0.25) is 0 Å². The molecule has 25 heavy (non-hydrogen) atoms. The maximum absolute atomic E-state index is 10.6. The van der Waals surface area contributed by atoms with Crippen LogP contribution in [0.15, 0.2) is 29.3 Å². The Hall–Kier alpha value is -1.46. The summed E-state index contributed by atoms with van der Waals surface area (Å²) in [5.74, 6) is 0.692. The summed E-state index contributed by atoms with van der Waals surface area (Å²) in [5, 5.41) is 17.0. The number of benzene rings is 1. The third-order valence-corrected chi connectivity index (χ3v) is 3.69. The van der Waals surface area contributed by atoms with E-state index in [1.54, 1.807) is 19.2 Å². The monoisotopic (exact) mass is 464 g/mol. The highest BCUT2D eigenvalue weighted by molar-refractivity contribution is 14.0. The minimum atomic E-state index is -0.405. The molecule has 2 N–H and O–H groups in total. The van der Waals surface area contributed by atoms with Crippen molar-refractivity contribution in [2.45, 2.75) is 25.5 Å². The van der Waals surface area contributed by atoms with Gasteiger partial charge in [0.25, 0.3) is 5.69 Å². The van der Waals surface area contributed by atoms with Gasteiger partial charge in [-0.3, -0.25) is 15.1 Å². The van der Waals surface area contributed by atoms with Crippen LogP contribution < -0.4 is 10.6 Å². The highest BCUT2D eigenvalue weighted by Crippen LogP contribution is 2.11. The Morgan fingerprint density at radius 3 is 2.76 bits per heavy atom. The van der Waals surface area contributed by atoms with E-state index in [1.807, 2.05) is 0 Å². The van der Waals surface area contributed by atoms with Gasteiger partial charge in [0.15, 0.2) is 5.96 Å². The number of hydrogen-bond donors (Lipinski definition) is 2. The highest BCUT2D eigenvalue weighted by Gasteiger charge is 2.15. The molecule has 0 bridgehead atoms. The maximum atomic E-state index is 10.6. The number of nitro benzene ring substituents is 1. The molecule has 0 amide bonds. The van der Waals surface area contributed by atoms with Crippen LogP contribution in [0.4, 0.5) is 5.69 Å². The SMILES string of the molecule is CN=C(NCCCOC1CCOC1)NCc1ccc([N+](=O)[O-])cc1.I. The molecule has 1 unspecified atom stereocenters. The van der Waals surface area contributed by atoms with Gasteiger partial charge < -0.3 is 20.1 Å². The van der Waals surface area contributed by atoms with Crippen LogP contribution in [-0.4, -0.2) is 50.4 Å². The lowest BCUT2D eigenvalue weighted by Gasteiger charge is -2.13. The molecule has 1 aliphatic rings. The van der Waals surface area contributed by atoms with Gasteiger partial charge in [-0.1, -0.05) is 12.1 Å². The van der Waals surface area contributed by atoms with Gasteiger partial charge in [0, 0.05) is 45.5 Å². The van der Waals surface area contributed by atoms with Gasteiger partial charge >= 0.3 is 0 Å². The van der Waals surface area contributed by atoms with Crippen LogP contribution in [0.3, 0.4) is 0 Å². The molecule has 2 rings (SSSR count). The fourth-order valence-corrected chi connectivity index (χ4v) is 2.32. The predicted molar refractivity (Wildman–Crippen MR) is 107 cm³/mol. The first-order chi connectivity index (χ1) is 11.7. The lowest BCUT2D eigenvalue weighted by atomic mass is 10.2. The highest BCUT2D eigenvalue weighted by atomic mass is 127. The van der Waals surface area contributed by atoms with Gasteiger partial charge in [-0.15, -0.1) is 24.0 Å². The Morgan fingerprint density at radius 1 is 1.40 bits per heavy atom. The molecular formula is C16H25IN4O4. The molecule has 1 aliphatic heterocycles. The topological polar surface area (TPSA) is 98.0 Å². The standard InChI is InChI=1S/C16H24N4O4.HI/c1-17-16(18-8-2-9-24-15-7-10-23-12-15)19-11-13-3-5-14(6-4-13)20(21)22;/h3-6,15H,2,7-12H2,1H3,(H2,17,18,19);1H. The van der Waals surface area contributed by atoms with E-state index in [9.17, 15) is 10.1 Å². The van der Waals surface area contributed by atoms with E-state index in [1.165, 1.54) is 12.1 Å². The Morgan fingerprint density at radius 2 is 2.16 bits per heavy atom. The lowest BCUT2D eigenvalue weighted by molar-refractivity contribution is -0.384. The maximum Gasteiger partial charge on any atom is 0.269 e. The average molecular weight is 464 g/mol. The van der Waals surface area contributed by atoms with Crippen LogP contribution in [0.2, 0.25) is 0 Å². The minimum absolute atomic E-state index is 0. The summed E-state index contributed by atoms with van der Waals surface area (Å²) >= 11 is 0. The van der Waals surface area contributed by atoms with E-state index >= 15 is 0 Å². The number of nitro groups is 1. The van der Waals surface area contributed by atoms with Gasteiger partial charge in [-0.05, 0) is 18.4 Å². The number of rotatable bonds is 8. The third-order valence-electron chi connectivity index (χ3n) is 3.69. The first-order valence-electron chi connectivity index (χ1n) is 8.06. The summed E-state index contributed by atoms with van der Waals surface area (Å²) in [6.07, 6.45) is 2.10. The quantitative estimate of drug-likeness (QED) is 0.153. The minimum Gasteiger partial charge on any atom is -0.379 e. The second kappa shape index (κ2) is 12.0. The first kappa shape index (κ1) is 21.6. The molecule has 1 aromatic carbocycles. The van der Waals surface area contributed by atoms with Crippen LogP contribution in [0.5, 0.6) is 0 Å². The fourth-order valence-electron chi connectivity index (χ4n) is 2.32. The zero-order chi connectivity index (χ0) is 17.2. The number of ether oxygens (including phenoxy) is 2. The smallest absolute Gasteiger partial charge is 0.269 e. The first-order valence-corrected chi connectivity index (χ1v) is 8.06. The number of non-ortho nitro benzene ring substituents is 1. The molecule has 140 valence electrons. The molecule has 1 fully saturated rings. The summed E-state index contributed by atoms with van der Waals surface area (Å²) in [6, 6.07) is 6.46. The summed E-state index contributed by atoms with van der Waals surface area (Å²) in [5.41, 5.74) is 1.04. The van der Waals surface area contributed by atoms with Crippen LogP contribution in [0, 0.1) is 10.1 Å². The average Bonchev–Trinajstić information content (AvgIpc) is 3.11. The van der Waals surface area contributed by atoms with E-state index in [0.29, 0.717) is 25.7 Å². The van der Waals surface area contributed by atoms with E-state index < -0.39 is 4.92 Å². The molecule has 0 saturated carbocycles. The molecule has 1 aromatic rings. The Balaban J connectivity index is 0.00000312. The number of nitrogens with one attached hydrogen (secondary N) is 2. The summed E-state index contributed by atoms with van der Waals surface area (Å²) in [7, 11) is 1.71. The van der Waals surface area contributed by atoms with Gasteiger partial charge in [0.1, 0.15) is 0 Å². The van der Waals surface area contributed by atoms with E-state index in [4.69, 9.17) is 9.47 Å². The van der Waals surface area contributed by atoms with Crippen LogP contribution in [-0.2, 0) is 16.0 Å². The third kappa shape index (κ3) is 7.97. The summed E-state index contributed by atoms with van der Waals surface area (Å²) in [4.78, 5) is 14.4. The van der Waals surface area contributed by atoms with Crippen molar-refractivity contribution in [1.82, 2.24) is 10.6 Å². The number of aliphatic imine (C=N–C) groups is 1. The fraction of sp³-hybridized carbons (Fsp3) is 0.562. The molecule has 0 spiro atoms. The molecule has 0 aromatic heterocycles. The summed E-state index contributed by atoms with van der Waals surface area (Å²) < 4.78 is 11.0. The van der Waals surface area contributed by atoms with Gasteiger partial charge in [0.05, 0.1) is 17.6 Å². The zero-order valence-corrected chi connectivity index (χ0v) is 16.6. The molecule has 1 atom stereocenters. The molecule has 0 aliphatic carbocycles. The van der Waals surface area contributed by atoms with Crippen molar-refractivity contribution in [1.29, 1.82) is 0 Å². The second-order valence-corrected chi connectivity index (χ2v) is 5.49. The van der Waals surface area contributed by atoms with Gasteiger partial charge in [-0.2, -0.15) is 0 Å². The zero-order valence-electron chi connectivity index (χ0n) is 14.3. The van der Waals surface area contributed by atoms with Crippen molar-refractivity contribution >= 4 is 35.6 Å². The van der Waals surface area contributed by atoms with Crippen LogP contribution in [0.25, 0.3) is 0 Å². The van der Waals surface area contributed by atoms with Crippen molar-refractivity contribution in [3.8, 4) is 0 Å². The molecule has 1 heterocycles. The van der Waals surface area contributed by atoms with Crippen molar-refractivity contribution in [2.24, 2.45) is 4.99 Å². The number of guanidine groups is 1. The van der Waals surface area contributed by atoms with Crippen molar-refractivity contribution in [3.05, 3.63) is 39.9 Å². The molecule has 9 heteroatoms. The normalized spacial score (nSPS) is 17.0. The number of hydrogen-bond acceptors (Lipinski definition) is 5. The Labute approximate surface area is 164 Å². The molecule has 0 radical (unpaired) electrons. The van der Waals surface area contributed by atoms with Crippen LogP contribution in [0.1, 0.15) is 18.4 Å². The van der Waals surface area contributed by atoms with E-state index in [-0.39, 0.29) is 35.8 Å². The predicted octanol–water partition coefficient (Wildman–Crippen LogP) is 2.07. The molecular weight excluding hydrogens is 439 g/mol. The van der Waals surface area contributed by atoms with Crippen LogP contribution >= 0.6 is 24.0 Å². The number of nitrogens with zero attached hydrogens (tertiary/aromatic N) is 2. The Kier molecular flexibility index (Phi) is 10.3. The largest absolute Gasteiger partial charge is 0.379 e. The Bertz CT molecular complexity index is 548. The van der Waals surface area contributed by atoms with Crippen molar-refractivity contribution < 1.29 is 14.4 Å². The molecule has 8 nitrogen and oxygen atoms in total. The summed E-state index contributed by atoms with van der Waals surface area (Å²) in [6.45, 7) is 3.50. The molecule has 1 saturated heterocycles. The lowest BCUT2D eigenvalue weighted by Crippen LogP contribution is -2.37. The van der Waals surface area contributed by atoms with Crippen molar-refractivity contribution in [2.75, 3.05) is 33.4 Å².